The lowest BCUT2D eigenvalue weighted by Gasteiger charge is -2.13. The summed E-state index contributed by atoms with van der Waals surface area (Å²) in [5, 5.41) is 6.28. The van der Waals surface area contributed by atoms with E-state index >= 15 is 0 Å². The SMILES string of the molecule is CCNC(=NCc1ccccc1OC(F)F)NCCOCc1ccccc1.I. The van der Waals surface area contributed by atoms with Crippen LogP contribution in [0.25, 0.3) is 0 Å². The Kier molecular flexibility index (Phi) is 12.1. The summed E-state index contributed by atoms with van der Waals surface area (Å²) < 4.78 is 35.1. The van der Waals surface area contributed by atoms with E-state index in [1.807, 2.05) is 37.3 Å². The van der Waals surface area contributed by atoms with Gasteiger partial charge in [-0.1, -0.05) is 48.5 Å². The van der Waals surface area contributed by atoms with E-state index in [1.54, 1.807) is 18.2 Å². The van der Waals surface area contributed by atoms with E-state index in [-0.39, 0.29) is 36.3 Å². The van der Waals surface area contributed by atoms with Gasteiger partial charge in [0.15, 0.2) is 5.96 Å². The first-order valence-corrected chi connectivity index (χ1v) is 8.85. The van der Waals surface area contributed by atoms with Crippen LogP contribution in [0.4, 0.5) is 8.78 Å². The molecule has 0 aromatic heterocycles. The third-order valence-electron chi connectivity index (χ3n) is 3.59. The highest BCUT2D eigenvalue weighted by atomic mass is 127. The first kappa shape index (κ1) is 24.1. The highest BCUT2D eigenvalue weighted by Gasteiger charge is 2.08. The lowest BCUT2D eigenvalue weighted by atomic mass is 10.2. The number of rotatable bonds is 10. The van der Waals surface area contributed by atoms with Gasteiger partial charge in [-0.15, -0.1) is 24.0 Å². The molecule has 0 heterocycles. The number of alkyl halides is 2. The van der Waals surface area contributed by atoms with Crippen LogP contribution < -0.4 is 15.4 Å². The Bertz CT molecular complexity index is 703. The lowest BCUT2D eigenvalue weighted by molar-refractivity contribution is -0.0504. The minimum absolute atomic E-state index is 0. The molecule has 0 saturated heterocycles. The van der Waals surface area contributed by atoms with Gasteiger partial charge in [0, 0.05) is 18.7 Å². The molecule has 0 spiro atoms. The van der Waals surface area contributed by atoms with Gasteiger partial charge in [-0.05, 0) is 18.6 Å². The predicted octanol–water partition coefficient (Wildman–Crippen LogP) is 4.18. The van der Waals surface area contributed by atoms with E-state index in [0.29, 0.717) is 37.8 Å². The molecule has 0 fully saturated rings. The van der Waals surface area contributed by atoms with Gasteiger partial charge in [0.05, 0.1) is 19.8 Å². The molecular weight excluding hydrogens is 479 g/mol. The second kappa shape index (κ2) is 14.1. The van der Waals surface area contributed by atoms with Crippen LogP contribution in [-0.2, 0) is 17.9 Å². The molecule has 0 atom stereocenters. The van der Waals surface area contributed by atoms with E-state index in [4.69, 9.17) is 4.74 Å². The predicted molar refractivity (Wildman–Crippen MR) is 117 cm³/mol. The smallest absolute Gasteiger partial charge is 0.387 e. The fourth-order valence-electron chi connectivity index (χ4n) is 2.36. The first-order valence-electron chi connectivity index (χ1n) is 8.85. The summed E-state index contributed by atoms with van der Waals surface area (Å²) >= 11 is 0. The fraction of sp³-hybridized carbons (Fsp3) is 0.350. The average molecular weight is 505 g/mol. The minimum atomic E-state index is -2.86. The monoisotopic (exact) mass is 505 g/mol. The van der Waals surface area contributed by atoms with E-state index < -0.39 is 6.61 Å². The summed E-state index contributed by atoms with van der Waals surface area (Å²) in [6.45, 7) is 1.65. The number of benzene rings is 2. The maximum absolute atomic E-state index is 12.5. The Morgan fingerprint density at radius 2 is 1.75 bits per heavy atom. The normalized spacial score (nSPS) is 11.1. The second-order valence-corrected chi connectivity index (χ2v) is 5.65. The molecule has 0 bridgehead atoms. The van der Waals surface area contributed by atoms with Crippen LogP contribution in [0.2, 0.25) is 0 Å². The van der Waals surface area contributed by atoms with Gasteiger partial charge < -0.3 is 20.1 Å². The van der Waals surface area contributed by atoms with E-state index in [1.165, 1.54) is 6.07 Å². The molecular formula is C20H26F2IN3O2. The molecule has 0 radical (unpaired) electrons. The number of halogens is 3. The zero-order chi connectivity index (χ0) is 19.3. The molecule has 0 saturated carbocycles. The van der Waals surface area contributed by atoms with Crippen LogP contribution in [0, 0.1) is 0 Å². The molecule has 2 rings (SSSR count). The van der Waals surface area contributed by atoms with Crippen molar-refractivity contribution in [2.45, 2.75) is 26.7 Å². The van der Waals surface area contributed by atoms with Gasteiger partial charge >= 0.3 is 6.61 Å². The van der Waals surface area contributed by atoms with Gasteiger partial charge in [-0.25, -0.2) is 4.99 Å². The molecule has 0 aliphatic heterocycles. The van der Waals surface area contributed by atoms with E-state index in [0.717, 1.165) is 5.56 Å². The number of guanidine groups is 1. The Hall–Kier alpha value is -1.94. The molecule has 0 amide bonds. The van der Waals surface area contributed by atoms with Crippen molar-refractivity contribution >= 4 is 29.9 Å². The molecule has 0 aliphatic rings. The van der Waals surface area contributed by atoms with Crippen LogP contribution in [0.1, 0.15) is 18.1 Å². The third-order valence-corrected chi connectivity index (χ3v) is 3.59. The number of hydrogen-bond acceptors (Lipinski definition) is 3. The molecule has 0 unspecified atom stereocenters. The van der Waals surface area contributed by atoms with Gasteiger partial charge in [0.2, 0.25) is 0 Å². The molecule has 2 aromatic carbocycles. The Morgan fingerprint density at radius 1 is 1.04 bits per heavy atom. The number of nitrogens with one attached hydrogen (secondary N) is 2. The van der Waals surface area contributed by atoms with Crippen molar-refractivity contribution in [2.24, 2.45) is 4.99 Å². The maximum Gasteiger partial charge on any atom is 0.387 e. The van der Waals surface area contributed by atoms with Crippen molar-refractivity contribution < 1.29 is 18.3 Å². The summed E-state index contributed by atoms with van der Waals surface area (Å²) in [7, 11) is 0. The highest BCUT2D eigenvalue weighted by molar-refractivity contribution is 14.0. The van der Waals surface area contributed by atoms with Crippen molar-refractivity contribution in [2.75, 3.05) is 19.7 Å². The van der Waals surface area contributed by atoms with Crippen LogP contribution in [-0.4, -0.2) is 32.3 Å². The van der Waals surface area contributed by atoms with Crippen molar-refractivity contribution in [1.29, 1.82) is 0 Å². The van der Waals surface area contributed by atoms with Gasteiger partial charge in [0.25, 0.3) is 0 Å². The molecule has 5 nitrogen and oxygen atoms in total. The van der Waals surface area contributed by atoms with E-state index in [2.05, 4.69) is 20.4 Å². The maximum atomic E-state index is 12.5. The Labute approximate surface area is 181 Å². The Balaban J connectivity index is 0.00000392. The van der Waals surface area contributed by atoms with Crippen molar-refractivity contribution in [3.63, 3.8) is 0 Å². The number of para-hydroxylation sites is 1. The number of hydrogen-bond donors (Lipinski definition) is 2. The van der Waals surface area contributed by atoms with Crippen LogP contribution in [0.3, 0.4) is 0 Å². The molecule has 28 heavy (non-hydrogen) atoms. The summed E-state index contributed by atoms with van der Waals surface area (Å²) in [4.78, 5) is 4.42. The average Bonchev–Trinajstić information content (AvgIpc) is 2.67. The van der Waals surface area contributed by atoms with Crippen molar-refractivity contribution in [3.8, 4) is 5.75 Å². The number of ether oxygens (including phenoxy) is 2. The van der Waals surface area contributed by atoms with E-state index in [9.17, 15) is 8.78 Å². The first-order chi connectivity index (χ1) is 13.2. The van der Waals surface area contributed by atoms with Crippen molar-refractivity contribution in [3.05, 3.63) is 65.7 Å². The van der Waals surface area contributed by atoms with Crippen LogP contribution >= 0.6 is 24.0 Å². The minimum Gasteiger partial charge on any atom is -0.434 e. The highest BCUT2D eigenvalue weighted by Crippen LogP contribution is 2.20. The summed E-state index contributed by atoms with van der Waals surface area (Å²) in [6, 6.07) is 16.6. The lowest BCUT2D eigenvalue weighted by Crippen LogP contribution is -2.39. The van der Waals surface area contributed by atoms with Gasteiger partial charge in [0.1, 0.15) is 5.75 Å². The topological polar surface area (TPSA) is 54.9 Å². The van der Waals surface area contributed by atoms with Gasteiger partial charge in [-0.3, -0.25) is 0 Å². The second-order valence-electron chi connectivity index (χ2n) is 5.65. The molecule has 2 N–H and O–H groups in total. The summed E-state index contributed by atoms with van der Waals surface area (Å²) in [6.07, 6.45) is 0. The molecule has 154 valence electrons. The van der Waals surface area contributed by atoms with Crippen LogP contribution in [0.5, 0.6) is 5.75 Å². The van der Waals surface area contributed by atoms with Crippen molar-refractivity contribution in [1.82, 2.24) is 10.6 Å². The third kappa shape index (κ3) is 9.32. The fourth-order valence-corrected chi connectivity index (χ4v) is 2.36. The largest absolute Gasteiger partial charge is 0.434 e. The molecule has 2 aromatic rings. The molecule has 8 heteroatoms. The zero-order valence-corrected chi connectivity index (χ0v) is 18.1. The standard InChI is InChI=1S/C20H25F2N3O2.HI/c1-2-23-20(24-12-13-26-15-16-8-4-3-5-9-16)25-14-17-10-6-7-11-18(17)27-19(21)22;/h3-11,19H,2,12-15H2,1H3,(H2,23,24,25);1H. The van der Waals surface area contributed by atoms with Gasteiger partial charge in [-0.2, -0.15) is 8.78 Å². The summed E-state index contributed by atoms with van der Waals surface area (Å²) in [5.41, 5.74) is 1.71. The Morgan fingerprint density at radius 3 is 2.46 bits per heavy atom. The van der Waals surface area contributed by atoms with Crippen LogP contribution in [0.15, 0.2) is 59.6 Å². The summed E-state index contributed by atoms with van der Waals surface area (Å²) in [5.74, 6) is 0.728. The molecule has 0 aliphatic carbocycles. The quantitative estimate of drug-likeness (QED) is 0.220. The number of aliphatic imine (C=N–C) groups is 1. The number of nitrogens with zero attached hydrogens (tertiary/aromatic N) is 1. The zero-order valence-electron chi connectivity index (χ0n) is 15.7.